The molecule has 26 heavy (non-hydrogen) atoms. The van der Waals surface area contributed by atoms with E-state index in [9.17, 15) is 9.59 Å². The number of hydrogen-bond donors (Lipinski definition) is 0. The summed E-state index contributed by atoms with van der Waals surface area (Å²) in [5.41, 5.74) is 1.53. The molecule has 1 amide bonds. The topological polar surface area (TPSA) is 72.6 Å². The van der Waals surface area contributed by atoms with Gasteiger partial charge >= 0.3 is 143 Å². The third-order valence-corrected chi connectivity index (χ3v) is 4.34. The van der Waals surface area contributed by atoms with Gasteiger partial charge in [-0.15, -0.1) is 0 Å². The molecular weight excluding hydrogens is 351 g/mol. The normalized spacial score (nSPS) is 10.0. The van der Waals surface area contributed by atoms with Crippen LogP contribution in [0.25, 0.3) is 10.1 Å². The molecule has 0 N–H and O–H groups in total. The Morgan fingerprint density at radius 3 is 2.73 bits per heavy atom. The second-order valence-corrected chi connectivity index (χ2v) is 6.31. The van der Waals surface area contributed by atoms with Crippen LogP contribution < -0.4 is 4.90 Å². The van der Waals surface area contributed by atoms with Gasteiger partial charge in [-0.1, -0.05) is 13.8 Å². The van der Waals surface area contributed by atoms with Crippen molar-refractivity contribution in [2.45, 2.75) is 34.1 Å². The van der Waals surface area contributed by atoms with Crippen LogP contribution in [0.4, 0.5) is 5.78 Å². The summed E-state index contributed by atoms with van der Waals surface area (Å²) in [6, 6.07) is 7.94. The number of fused-ring (bicyclic) bond motifs is 1. The van der Waals surface area contributed by atoms with Crippen molar-refractivity contribution in [1.29, 1.82) is 0 Å². The summed E-state index contributed by atoms with van der Waals surface area (Å²) in [5, 5.41) is 6.95. The number of ether oxygens (including phenoxy) is 1. The second-order valence-electron chi connectivity index (χ2n) is 5.36. The van der Waals surface area contributed by atoms with Crippen LogP contribution in [0, 0.1) is 6.92 Å². The van der Waals surface area contributed by atoms with E-state index in [4.69, 9.17) is 9.26 Å². The maximum absolute atomic E-state index is 12.7. The Labute approximate surface area is 156 Å². The van der Waals surface area contributed by atoms with Crippen molar-refractivity contribution in [2.75, 3.05) is 11.6 Å². The number of aryl methyl sites for hydroxylation is 1. The van der Waals surface area contributed by atoms with Crippen molar-refractivity contribution in [2.24, 2.45) is 0 Å². The van der Waals surface area contributed by atoms with Gasteiger partial charge in [0.25, 0.3) is 0 Å². The van der Waals surface area contributed by atoms with E-state index in [0.29, 0.717) is 5.59 Å². The predicted octanol–water partition coefficient (Wildman–Crippen LogP) is 3.66. The number of rotatable bonds is 5. The summed E-state index contributed by atoms with van der Waals surface area (Å²) in [4.78, 5) is 25.0. The van der Waals surface area contributed by atoms with Crippen LogP contribution in [0.5, 0.6) is 0 Å². The van der Waals surface area contributed by atoms with E-state index < -0.39 is 5.97 Å². The van der Waals surface area contributed by atoms with Crippen LogP contribution >= 0.6 is 11.3 Å². The van der Waals surface area contributed by atoms with Gasteiger partial charge in [-0.2, -0.15) is 0 Å². The molecule has 0 aliphatic heterocycles. The summed E-state index contributed by atoms with van der Waals surface area (Å²) in [6.45, 7) is 8.47. The number of esters is 1. The Balaban J connectivity index is 0.00000117. The summed E-state index contributed by atoms with van der Waals surface area (Å²) in [6.07, 6.45) is 0.175. The number of anilines is 1. The van der Waals surface area contributed by atoms with Gasteiger partial charge in [0, 0.05) is 0 Å². The van der Waals surface area contributed by atoms with Gasteiger partial charge in [0.1, 0.15) is 0 Å². The number of aromatic nitrogens is 1. The van der Waals surface area contributed by atoms with Crippen molar-refractivity contribution in [3.05, 3.63) is 40.8 Å². The van der Waals surface area contributed by atoms with Crippen molar-refractivity contribution >= 4 is 46.0 Å². The van der Waals surface area contributed by atoms with Gasteiger partial charge in [-0.25, -0.2) is 0 Å². The van der Waals surface area contributed by atoms with E-state index in [2.05, 4.69) is 5.16 Å². The minimum atomic E-state index is -0.468. The summed E-state index contributed by atoms with van der Waals surface area (Å²) in [7, 11) is 0. The zero-order valence-corrected chi connectivity index (χ0v) is 16.1. The molecule has 6 nitrogen and oxygen atoms in total. The molecule has 0 radical (unpaired) electrons. The first-order chi connectivity index (χ1) is 12.5. The SMILES string of the molecule is CC.CC(=O)OCN(C(=O)Cc1ccc2ccsc2c1)c1bc(C)no1. The second kappa shape index (κ2) is 9.29. The van der Waals surface area contributed by atoms with Crippen molar-refractivity contribution in [3.63, 3.8) is 0 Å². The quantitative estimate of drug-likeness (QED) is 0.505. The molecule has 8 heteroatoms. The number of carbonyl (C=O) groups is 2. The summed E-state index contributed by atoms with van der Waals surface area (Å²) < 4.78 is 11.2. The van der Waals surface area contributed by atoms with Gasteiger partial charge < -0.3 is 0 Å². The molecule has 3 aromatic rings. The van der Waals surface area contributed by atoms with Crippen LogP contribution in [-0.4, -0.2) is 30.7 Å². The number of amides is 1. The fraction of sp³-hybridized carbons (Fsp3) is 0.333. The molecule has 0 saturated heterocycles. The third-order valence-electron chi connectivity index (χ3n) is 3.46. The molecule has 0 saturated carbocycles. The molecule has 3 rings (SSSR count). The zero-order chi connectivity index (χ0) is 19.1. The molecule has 0 atom stereocenters. The Bertz CT molecular complexity index is 890. The van der Waals surface area contributed by atoms with Crippen molar-refractivity contribution < 1.29 is 18.8 Å². The monoisotopic (exact) mass is 372 g/mol. The fourth-order valence-corrected chi connectivity index (χ4v) is 3.12. The number of benzene rings is 1. The summed E-state index contributed by atoms with van der Waals surface area (Å²) in [5.74, 6) is -0.441. The van der Waals surface area contributed by atoms with E-state index in [1.54, 1.807) is 25.2 Å². The Hall–Kier alpha value is -2.48. The van der Waals surface area contributed by atoms with Crippen LogP contribution in [0.1, 0.15) is 31.9 Å². The molecule has 0 aliphatic rings. The Morgan fingerprint density at radius 2 is 2.08 bits per heavy atom. The number of hydrogen-bond acceptors (Lipinski definition) is 6. The first kappa shape index (κ1) is 19.8. The number of nitrogens with zero attached hydrogens (tertiary/aromatic N) is 2. The first-order valence-electron chi connectivity index (χ1n) is 8.36. The number of thiophene rings is 1. The summed E-state index contributed by atoms with van der Waals surface area (Å²) >= 11 is 1.63. The maximum atomic E-state index is 12.7. The van der Waals surface area contributed by atoms with Crippen molar-refractivity contribution in [3.8, 4) is 0 Å². The van der Waals surface area contributed by atoms with E-state index in [-0.39, 0.29) is 24.8 Å². The van der Waals surface area contributed by atoms with E-state index in [1.807, 2.05) is 43.5 Å². The molecule has 0 spiro atoms. The Kier molecular flexibility index (Phi) is 7.09. The molecule has 0 aliphatic carbocycles. The van der Waals surface area contributed by atoms with Crippen molar-refractivity contribution in [1.82, 2.24) is 5.16 Å². The van der Waals surface area contributed by atoms with Gasteiger partial charge in [0.2, 0.25) is 0 Å². The zero-order valence-electron chi connectivity index (χ0n) is 15.3. The molecule has 1 aromatic carbocycles. The van der Waals surface area contributed by atoms with Crippen LogP contribution in [0.3, 0.4) is 0 Å². The van der Waals surface area contributed by atoms with Crippen LogP contribution in [0.15, 0.2) is 34.2 Å². The average molecular weight is 372 g/mol. The molecule has 2 aromatic heterocycles. The third kappa shape index (κ3) is 5.01. The molecule has 2 heterocycles. The molecular formula is C18H21BN2O4S. The van der Waals surface area contributed by atoms with Gasteiger partial charge in [0.05, 0.1) is 0 Å². The number of carbonyl (C=O) groups excluding carboxylic acids is 2. The molecule has 0 unspecified atom stereocenters. The standard InChI is InChI=1S/C16H15BN2O4S.C2H6/c1-10-17-16(23-18-10)19(9-22-11(2)20)15(21)8-12-3-4-13-5-6-24-14(13)7-12;1-2/h3-7H,8-9H2,1-2H3;1-2H3. The first-order valence-corrected chi connectivity index (χ1v) is 9.24. The van der Waals surface area contributed by atoms with E-state index >= 15 is 0 Å². The van der Waals surface area contributed by atoms with Gasteiger partial charge in [-0.3, -0.25) is 0 Å². The minimum absolute atomic E-state index is 0.175. The van der Waals surface area contributed by atoms with Crippen LogP contribution in [0.2, 0.25) is 0 Å². The molecule has 0 fully saturated rings. The predicted molar refractivity (Wildman–Crippen MR) is 104 cm³/mol. The molecule has 136 valence electrons. The Morgan fingerprint density at radius 1 is 1.31 bits per heavy atom. The van der Waals surface area contributed by atoms with Gasteiger partial charge in [0.15, 0.2) is 0 Å². The molecule has 0 bridgehead atoms. The average Bonchev–Trinajstić information content (AvgIpc) is 3.25. The van der Waals surface area contributed by atoms with Gasteiger partial charge in [-0.05, 0) is 0 Å². The van der Waals surface area contributed by atoms with Crippen LogP contribution in [-0.2, 0) is 20.7 Å². The van der Waals surface area contributed by atoms with E-state index in [0.717, 1.165) is 15.6 Å². The van der Waals surface area contributed by atoms with E-state index in [1.165, 1.54) is 11.8 Å². The fourth-order valence-electron chi connectivity index (χ4n) is 2.27.